The fourth-order valence-corrected chi connectivity index (χ4v) is 2.20. The van der Waals surface area contributed by atoms with Crippen molar-refractivity contribution < 1.29 is 4.79 Å². The van der Waals surface area contributed by atoms with Crippen LogP contribution in [-0.4, -0.2) is 12.5 Å². The van der Waals surface area contributed by atoms with Crippen LogP contribution >= 0.6 is 0 Å². The van der Waals surface area contributed by atoms with Crippen molar-refractivity contribution in [2.45, 2.75) is 45.4 Å². The molecule has 0 aromatic rings. The van der Waals surface area contributed by atoms with Gasteiger partial charge in [-0.1, -0.05) is 19.8 Å². The molecule has 0 saturated heterocycles. The van der Waals surface area contributed by atoms with Gasteiger partial charge in [0.25, 0.3) is 0 Å². The highest BCUT2D eigenvalue weighted by molar-refractivity contribution is 5.80. The lowest BCUT2D eigenvalue weighted by Gasteiger charge is -2.23. The molecule has 0 aromatic heterocycles. The van der Waals surface area contributed by atoms with Crippen LogP contribution in [-0.2, 0) is 4.79 Å². The van der Waals surface area contributed by atoms with Crippen molar-refractivity contribution in [3.8, 4) is 0 Å². The predicted octanol–water partition coefficient (Wildman–Crippen LogP) is 2.09. The van der Waals surface area contributed by atoms with E-state index in [1.54, 1.807) is 0 Å². The van der Waals surface area contributed by atoms with E-state index in [1.165, 1.54) is 25.7 Å². The lowest BCUT2D eigenvalue weighted by Crippen LogP contribution is -2.34. The van der Waals surface area contributed by atoms with Crippen LogP contribution in [0, 0.1) is 11.3 Å². The highest BCUT2D eigenvalue weighted by atomic mass is 16.2. The molecule has 1 amide bonds. The lowest BCUT2D eigenvalue weighted by atomic mass is 9.89. The zero-order valence-corrected chi connectivity index (χ0v) is 8.44. The Bertz CT molecular complexity index is 202. The molecule has 0 aromatic carbocycles. The summed E-state index contributed by atoms with van der Waals surface area (Å²) in [5.74, 6) is 0.665. The molecule has 0 radical (unpaired) electrons. The summed E-state index contributed by atoms with van der Waals surface area (Å²) in [7, 11) is 0. The number of hydrogen-bond donors (Lipinski definition) is 1. The summed E-state index contributed by atoms with van der Waals surface area (Å²) in [6, 6.07) is 0. The lowest BCUT2D eigenvalue weighted by molar-refractivity contribution is -0.122. The van der Waals surface area contributed by atoms with Gasteiger partial charge in [-0.15, -0.1) is 0 Å². The first-order valence-corrected chi connectivity index (χ1v) is 5.47. The van der Waals surface area contributed by atoms with Gasteiger partial charge in [0.2, 0.25) is 5.91 Å². The van der Waals surface area contributed by atoms with E-state index in [2.05, 4.69) is 12.2 Å². The van der Waals surface area contributed by atoms with E-state index in [-0.39, 0.29) is 0 Å². The topological polar surface area (TPSA) is 29.1 Å². The third kappa shape index (κ3) is 2.23. The molecule has 0 heterocycles. The van der Waals surface area contributed by atoms with Crippen molar-refractivity contribution >= 4 is 5.91 Å². The number of rotatable bonds is 3. The molecule has 2 rings (SSSR count). The van der Waals surface area contributed by atoms with Gasteiger partial charge < -0.3 is 5.32 Å². The van der Waals surface area contributed by atoms with Crippen LogP contribution in [0.15, 0.2) is 0 Å². The third-order valence-electron chi connectivity index (χ3n) is 3.45. The van der Waals surface area contributed by atoms with Gasteiger partial charge in [-0.2, -0.15) is 0 Å². The SMILES string of the molecule is CC1(CNC(=O)C2CC2)CCCC1. The maximum absolute atomic E-state index is 11.4. The molecule has 13 heavy (non-hydrogen) atoms. The number of hydrogen-bond acceptors (Lipinski definition) is 1. The molecule has 2 fully saturated rings. The molecule has 0 spiro atoms. The molecule has 74 valence electrons. The highest BCUT2D eigenvalue weighted by Crippen LogP contribution is 2.37. The largest absolute Gasteiger partial charge is 0.355 e. The Morgan fingerprint density at radius 1 is 1.38 bits per heavy atom. The second kappa shape index (κ2) is 3.32. The van der Waals surface area contributed by atoms with Gasteiger partial charge in [0.05, 0.1) is 0 Å². The Hall–Kier alpha value is -0.530. The Balaban J connectivity index is 1.74. The van der Waals surface area contributed by atoms with Gasteiger partial charge in [-0.05, 0) is 31.1 Å². The molecule has 2 saturated carbocycles. The van der Waals surface area contributed by atoms with E-state index >= 15 is 0 Å². The number of carbonyl (C=O) groups is 1. The van der Waals surface area contributed by atoms with E-state index in [1.807, 2.05) is 0 Å². The third-order valence-corrected chi connectivity index (χ3v) is 3.45. The van der Waals surface area contributed by atoms with Crippen molar-refractivity contribution in [2.24, 2.45) is 11.3 Å². The molecule has 2 heteroatoms. The monoisotopic (exact) mass is 181 g/mol. The van der Waals surface area contributed by atoms with Gasteiger partial charge in [-0.25, -0.2) is 0 Å². The van der Waals surface area contributed by atoms with Crippen molar-refractivity contribution in [1.29, 1.82) is 0 Å². The minimum atomic E-state index is 0.299. The molecule has 2 nitrogen and oxygen atoms in total. The van der Waals surface area contributed by atoms with Gasteiger partial charge in [0.15, 0.2) is 0 Å². The molecule has 2 aliphatic carbocycles. The van der Waals surface area contributed by atoms with Gasteiger partial charge >= 0.3 is 0 Å². The van der Waals surface area contributed by atoms with Crippen LogP contribution in [0.2, 0.25) is 0 Å². The van der Waals surface area contributed by atoms with Crippen LogP contribution in [0.4, 0.5) is 0 Å². The second-order valence-corrected chi connectivity index (χ2v) is 5.01. The maximum Gasteiger partial charge on any atom is 0.223 e. The van der Waals surface area contributed by atoms with Crippen molar-refractivity contribution in [3.63, 3.8) is 0 Å². The molecule has 1 N–H and O–H groups in total. The van der Waals surface area contributed by atoms with Crippen LogP contribution in [0.25, 0.3) is 0 Å². The summed E-state index contributed by atoms with van der Waals surface area (Å²) in [4.78, 5) is 11.4. The first kappa shape index (κ1) is 9.04. The molecule has 0 aliphatic heterocycles. The summed E-state index contributed by atoms with van der Waals surface area (Å²) in [5.41, 5.74) is 0.407. The number of amides is 1. The van der Waals surface area contributed by atoms with Crippen LogP contribution < -0.4 is 5.32 Å². The normalized spacial score (nSPS) is 25.9. The van der Waals surface area contributed by atoms with E-state index in [9.17, 15) is 4.79 Å². The van der Waals surface area contributed by atoms with E-state index in [0.717, 1.165) is 19.4 Å². The summed E-state index contributed by atoms with van der Waals surface area (Å²) in [6.45, 7) is 3.20. The zero-order valence-electron chi connectivity index (χ0n) is 8.44. The standard InChI is InChI=1S/C11H19NO/c1-11(6-2-3-7-11)8-12-10(13)9-4-5-9/h9H,2-8H2,1H3,(H,12,13). The van der Waals surface area contributed by atoms with E-state index < -0.39 is 0 Å². The Kier molecular flexibility index (Phi) is 2.31. The van der Waals surface area contributed by atoms with Crippen molar-refractivity contribution in [3.05, 3.63) is 0 Å². The fourth-order valence-electron chi connectivity index (χ4n) is 2.20. The molecule has 0 atom stereocenters. The quantitative estimate of drug-likeness (QED) is 0.709. The molecule has 0 unspecified atom stereocenters. The van der Waals surface area contributed by atoms with Crippen LogP contribution in [0.3, 0.4) is 0 Å². The summed E-state index contributed by atoms with van der Waals surface area (Å²) in [6.07, 6.45) is 7.49. The van der Waals surface area contributed by atoms with Gasteiger partial charge in [-0.3, -0.25) is 4.79 Å². The predicted molar refractivity (Wildman–Crippen MR) is 52.3 cm³/mol. The number of nitrogens with one attached hydrogen (secondary N) is 1. The van der Waals surface area contributed by atoms with Crippen molar-refractivity contribution in [2.75, 3.05) is 6.54 Å². The van der Waals surface area contributed by atoms with Gasteiger partial charge in [0.1, 0.15) is 0 Å². The van der Waals surface area contributed by atoms with Crippen molar-refractivity contribution in [1.82, 2.24) is 5.32 Å². The van der Waals surface area contributed by atoms with Crippen LogP contribution in [0.1, 0.15) is 45.4 Å². The molecular formula is C11H19NO. The Labute approximate surface area is 80.1 Å². The molecule has 0 bridgehead atoms. The average molecular weight is 181 g/mol. The first-order chi connectivity index (χ1) is 6.20. The fraction of sp³-hybridized carbons (Fsp3) is 0.909. The smallest absolute Gasteiger partial charge is 0.223 e. The maximum atomic E-state index is 11.4. The van der Waals surface area contributed by atoms with Crippen LogP contribution in [0.5, 0.6) is 0 Å². The Morgan fingerprint density at radius 2 is 2.00 bits per heavy atom. The second-order valence-electron chi connectivity index (χ2n) is 5.01. The zero-order chi connectivity index (χ0) is 9.31. The summed E-state index contributed by atoms with van der Waals surface area (Å²) in [5, 5.41) is 3.09. The minimum absolute atomic E-state index is 0.299. The highest BCUT2D eigenvalue weighted by Gasteiger charge is 2.33. The van der Waals surface area contributed by atoms with E-state index in [4.69, 9.17) is 0 Å². The van der Waals surface area contributed by atoms with Gasteiger partial charge in [0, 0.05) is 12.5 Å². The number of carbonyl (C=O) groups excluding carboxylic acids is 1. The summed E-state index contributed by atoms with van der Waals surface area (Å²) < 4.78 is 0. The average Bonchev–Trinajstić information content (AvgIpc) is 2.87. The molecule has 2 aliphatic rings. The first-order valence-electron chi connectivity index (χ1n) is 5.47. The summed E-state index contributed by atoms with van der Waals surface area (Å²) >= 11 is 0. The van der Waals surface area contributed by atoms with E-state index in [0.29, 0.717) is 17.2 Å². The minimum Gasteiger partial charge on any atom is -0.355 e. The molecular weight excluding hydrogens is 162 g/mol. The Morgan fingerprint density at radius 3 is 2.54 bits per heavy atom.